The van der Waals surface area contributed by atoms with Gasteiger partial charge in [0.15, 0.2) is 0 Å². The lowest BCUT2D eigenvalue weighted by molar-refractivity contribution is -0.114. The molecule has 8 heteroatoms. The zero-order valence-corrected chi connectivity index (χ0v) is 14.5. The number of carbonyl (C=O) groups is 1. The topological polar surface area (TPSA) is 105 Å². The summed E-state index contributed by atoms with van der Waals surface area (Å²) in [5.41, 5.74) is 0.0892. The third kappa shape index (κ3) is 3.47. The van der Waals surface area contributed by atoms with Gasteiger partial charge in [-0.15, -0.1) is 0 Å². The summed E-state index contributed by atoms with van der Waals surface area (Å²) in [5.74, 6) is -0.678. The molecular weight excluding hydrogens is 324 g/mol. The Balaban J connectivity index is 2.57. The highest BCUT2D eigenvalue weighted by molar-refractivity contribution is 5.94. The van der Waals surface area contributed by atoms with Crippen LogP contribution in [0.4, 0.5) is 11.4 Å². The molecule has 1 aromatic heterocycles. The van der Waals surface area contributed by atoms with Crippen molar-refractivity contribution in [2.75, 3.05) is 10.6 Å². The molecule has 0 aliphatic rings. The summed E-state index contributed by atoms with van der Waals surface area (Å²) in [6.07, 6.45) is 1.60. The summed E-state index contributed by atoms with van der Waals surface area (Å²) in [5, 5.41) is 16.0. The molecule has 1 aromatic carbocycles. The number of nitrogens with zero attached hydrogens (tertiary/aromatic N) is 2. The lowest BCUT2D eigenvalue weighted by atomic mass is 10.2. The van der Waals surface area contributed by atoms with Gasteiger partial charge in [0.25, 0.3) is 5.56 Å². The molecule has 3 N–H and O–H groups in total. The molecule has 25 heavy (non-hydrogen) atoms. The number of carbonyl (C=O) groups excluding carboxylic acids is 1. The predicted octanol–water partition coefficient (Wildman–Crippen LogP) is 1.22. The van der Waals surface area contributed by atoms with Crippen molar-refractivity contribution in [3.63, 3.8) is 0 Å². The van der Waals surface area contributed by atoms with Gasteiger partial charge in [-0.25, -0.2) is 4.79 Å². The first kappa shape index (κ1) is 18.1. The van der Waals surface area contributed by atoms with Gasteiger partial charge in [0.05, 0.1) is 17.1 Å². The maximum Gasteiger partial charge on any atom is 0.333 e. The molecule has 8 nitrogen and oxygen atoms in total. The highest BCUT2D eigenvalue weighted by atomic mass is 16.3. The van der Waals surface area contributed by atoms with Crippen LogP contribution in [-0.4, -0.2) is 20.1 Å². The highest BCUT2D eigenvalue weighted by Gasteiger charge is 2.19. The number of hydrogen-bond acceptors (Lipinski definition) is 5. The second-order valence-corrected chi connectivity index (χ2v) is 5.46. The molecule has 0 aliphatic heterocycles. The Morgan fingerprint density at radius 2 is 1.64 bits per heavy atom. The lowest BCUT2D eigenvalue weighted by Gasteiger charge is -2.17. The molecule has 0 saturated heterocycles. The molecule has 132 valence electrons. The van der Waals surface area contributed by atoms with Gasteiger partial charge >= 0.3 is 5.69 Å². The first-order valence-corrected chi connectivity index (χ1v) is 7.57. The van der Waals surface area contributed by atoms with Crippen LogP contribution in [0, 0.1) is 0 Å². The van der Waals surface area contributed by atoms with Crippen LogP contribution in [0.1, 0.15) is 19.4 Å². The Kier molecular flexibility index (Phi) is 5.11. The van der Waals surface area contributed by atoms with Crippen molar-refractivity contribution in [3.8, 4) is 5.88 Å². The predicted molar refractivity (Wildman–Crippen MR) is 96.6 cm³/mol. The van der Waals surface area contributed by atoms with Gasteiger partial charge < -0.3 is 15.7 Å². The number of hydrogen-bond donors (Lipinski definition) is 3. The molecule has 2 aromatic rings. The van der Waals surface area contributed by atoms with Gasteiger partial charge in [0, 0.05) is 21.0 Å². The van der Waals surface area contributed by atoms with Crippen LogP contribution in [0.15, 0.2) is 39.9 Å². The SMILES string of the molecule is C/C=C(/Nc1ccccc1NC(C)=O)c1c(O)n(C)c(=O)n(C)c1=O. The lowest BCUT2D eigenvalue weighted by Crippen LogP contribution is -2.39. The maximum absolute atomic E-state index is 12.5. The molecule has 2 rings (SSSR count). The van der Waals surface area contributed by atoms with E-state index >= 15 is 0 Å². The van der Waals surface area contributed by atoms with E-state index in [1.54, 1.807) is 37.3 Å². The Labute approximate surface area is 144 Å². The van der Waals surface area contributed by atoms with Crippen molar-refractivity contribution in [1.82, 2.24) is 9.13 Å². The first-order valence-electron chi connectivity index (χ1n) is 7.57. The number of amides is 1. The van der Waals surface area contributed by atoms with Crippen molar-refractivity contribution in [3.05, 3.63) is 56.7 Å². The molecule has 0 atom stereocenters. The third-order valence-corrected chi connectivity index (χ3v) is 3.70. The minimum Gasteiger partial charge on any atom is -0.494 e. The van der Waals surface area contributed by atoms with E-state index in [1.165, 1.54) is 21.0 Å². The molecule has 0 fully saturated rings. The minimum atomic E-state index is -0.627. The van der Waals surface area contributed by atoms with Crippen molar-refractivity contribution in [2.45, 2.75) is 13.8 Å². The molecule has 1 heterocycles. The Morgan fingerprint density at radius 1 is 1.08 bits per heavy atom. The van der Waals surface area contributed by atoms with E-state index in [-0.39, 0.29) is 11.5 Å². The van der Waals surface area contributed by atoms with Gasteiger partial charge in [0.1, 0.15) is 5.56 Å². The van der Waals surface area contributed by atoms with Crippen LogP contribution < -0.4 is 21.9 Å². The van der Waals surface area contributed by atoms with Crippen LogP contribution in [0.3, 0.4) is 0 Å². The van der Waals surface area contributed by atoms with E-state index < -0.39 is 17.1 Å². The van der Waals surface area contributed by atoms with E-state index in [0.29, 0.717) is 17.1 Å². The number of para-hydroxylation sites is 2. The largest absolute Gasteiger partial charge is 0.494 e. The standard InChI is InChI=1S/C17H20N4O4/c1-5-11(14-15(23)20(3)17(25)21(4)16(14)24)19-13-9-7-6-8-12(13)18-10(2)22/h5-9,19,23H,1-4H3,(H,18,22)/b11-5+. The van der Waals surface area contributed by atoms with E-state index in [9.17, 15) is 19.5 Å². The number of anilines is 2. The van der Waals surface area contributed by atoms with E-state index in [0.717, 1.165) is 9.13 Å². The summed E-state index contributed by atoms with van der Waals surface area (Å²) in [6.45, 7) is 3.08. The zero-order chi connectivity index (χ0) is 18.7. The molecule has 1 amide bonds. The molecule has 0 unspecified atom stereocenters. The van der Waals surface area contributed by atoms with E-state index in [1.807, 2.05) is 0 Å². The number of aromatic hydroxyl groups is 1. The number of nitrogens with one attached hydrogen (secondary N) is 2. The van der Waals surface area contributed by atoms with Crippen molar-refractivity contribution in [1.29, 1.82) is 0 Å². The summed E-state index contributed by atoms with van der Waals surface area (Å²) in [7, 11) is 2.71. The fraction of sp³-hybridized carbons (Fsp3) is 0.235. The van der Waals surface area contributed by atoms with Crippen molar-refractivity contribution < 1.29 is 9.90 Å². The van der Waals surface area contributed by atoms with Crippen molar-refractivity contribution >= 4 is 23.0 Å². The number of allylic oxidation sites excluding steroid dienone is 1. The van der Waals surface area contributed by atoms with Crippen molar-refractivity contribution in [2.24, 2.45) is 14.1 Å². The van der Waals surface area contributed by atoms with Gasteiger partial charge in [-0.3, -0.25) is 18.7 Å². The molecule has 0 bridgehead atoms. The summed E-state index contributed by atoms with van der Waals surface area (Å²) < 4.78 is 1.90. The molecular formula is C17H20N4O4. The van der Waals surface area contributed by atoms with Gasteiger partial charge in [-0.05, 0) is 19.1 Å². The van der Waals surface area contributed by atoms with Crippen LogP contribution >= 0.6 is 0 Å². The number of aromatic nitrogens is 2. The van der Waals surface area contributed by atoms with Gasteiger partial charge in [0.2, 0.25) is 11.8 Å². The fourth-order valence-electron chi connectivity index (χ4n) is 2.38. The van der Waals surface area contributed by atoms with Crippen LogP contribution in [-0.2, 0) is 18.9 Å². The van der Waals surface area contributed by atoms with E-state index in [2.05, 4.69) is 10.6 Å². The minimum absolute atomic E-state index is 0.0373. The molecule has 0 aliphatic carbocycles. The Bertz CT molecular complexity index is 970. The van der Waals surface area contributed by atoms with Gasteiger partial charge in [-0.2, -0.15) is 0 Å². The molecule has 0 saturated carbocycles. The summed E-state index contributed by atoms with van der Waals surface area (Å²) in [6, 6.07) is 6.95. The molecule has 0 spiro atoms. The number of rotatable bonds is 4. The normalized spacial score (nSPS) is 11.3. The average molecular weight is 344 g/mol. The van der Waals surface area contributed by atoms with Crippen LogP contribution in [0.5, 0.6) is 5.88 Å². The Morgan fingerprint density at radius 3 is 2.16 bits per heavy atom. The van der Waals surface area contributed by atoms with E-state index in [4.69, 9.17) is 0 Å². The van der Waals surface area contributed by atoms with Gasteiger partial charge in [-0.1, -0.05) is 18.2 Å². The summed E-state index contributed by atoms with van der Waals surface area (Å²) in [4.78, 5) is 35.7. The first-order chi connectivity index (χ1) is 11.8. The quantitative estimate of drug-likeness (QED) is 0.773. The third-order valence-electron chi connectivity index (χ3n) is 3.70. The highest BCUT2D eigenvalue weighted by Crippen LogP contribution is 2.27. The maximum atomic E-state index is 12.5. The van der Waals surface area contributed by atoms with Crippen LogP contribution in [0.25, 0.3) is 5.70 Å². The Hall–Kier alpha value is -3.29. The molecule has 0 radical (unpaired) electrons. The number of benzene rings is 1. The van der Waals surface area contributed by atoms with Crippen LogP contribution in [0.2, 0.25) is 0 Å². The zero-order valence-electron chi connectivity index (χ0n) is 14.5. The summed E-state index contributed by atoms with van der Waals surface area (Å²) >= 11 is 0. The smallest absolute Gasteiger partial charge is 0.333 e. The second-order valence-electron chi connectivity index (χ2n) is 5.46. The fourth-order valence-corrected chi connectivity index (χ4v) is 2.38. The monoisotopic (exact) mass is 344 g/mol. The second kappa shape index (κ2) is 7.08. The average Bonchev–Trinajstić information content (AvgIpc) is 2.58.